The number of rotatable bonds is 10. The van der Waals surface area contributed by atoms with E-state index in [1.54, 1.807) is 0 Å². The topological polar surface area (TPSA) is 51.7 Å². The van der Waals surface area contributed by atoms with Crippen molar-refractivity contribution in [2.75, 3.05) is 19.6 Å². The molecular weight excluding hydrogens is 508 g/mol. The van der Waals surface area contributed by atoms with Gasteiger partial charge in [0, 0.05) is 17.7 Å². The lowest BCUT2D eigenvalue weighted by Gasteiger charge is -2.34. The molecule has 0 N–H and O–H groups in total. The molecule has 5 heteroatoms. The minimum Gasteiger partial charge on any atom is -0.487 e. The molecular formula is C36H40N2O3. The monoisotopic (exact) mass is 548 g/mol. The van der Waals surface area contributed by atoms with Crippen molar-refractivity contribution in [1.82, 2.24) is 9.88 Å². The molecule has 3 aromatic carbocycles. The van der Waals surface area contributed by atoms with Crippen LogP contribution >= 0.6 is 0 Å². The smallest absolute Gasteiger partial charge is 0.306 e. The maximum atomic E-state index is 13.2. The van der Waals surface area contributed by atoms with Gasteiger partial charge in [0.1, 0.15) is 18.5 Å². The molecule has 4 aromatic rings. The first-order valence-corrected chi connectivity index (χ1v) is 15.3. The molecule has 1 aliphatic heterocycles. The lowest BCUT2D eigenvalue weighted by Crippen LogP contribution is -2.31. The first-order valence-electron chi connectivity index (χ1n) is 15.3. The molecule has 0 radical (unpaired) electrons. The molecule has 6 rings (SSSR count). The first-order chi connectivity index (χ1) is 20.2. The molecule has 1 saturated heterocycles. The summed E-state index contributed by atoms with van der Waals surface area (Å²) in [4.78, 5) is 20.4. The van der Waals surface area contributed by atoms with Crippen LogP contribution < -0.4 is 4.74 Å². The molecule has 0 unspecified atom stereocenters. The number of carbonyl (C=O) groups excluding carboxylic acids is 1. The minimum atomic E-state index is -0.274. The van der Waals surface area contributed by atoms with Crippen molar-refractivity contribution in [2.24, 2.45) is 5.92 Å². The number of carbonyl (C=O) groups is 1. The van der Waals surface area contributed by atoms with Gasteiger partial charge >= 0.3 is 5.97 Å². The number of hydrogen-bond acceptors (Lipinski definition) is 5. The van der Waals surface area contributed by atoms with Gasteiger partial charge in [0.05, 0.1) is 11.2 Å². The molecule has 1 fully saturated rings. The molecule has 2 heterocycles. The molecule has 1 aromatic heterocycles. The van der Waals surface area contributed by atoms with E-state index < -0.39 is 0 Å². The second-order valence-corrected chi connectivity index (χ2v) is 11.5. The SMILES string of the molecule is O=C(CCCN1CCCCC1)O[C@@H]1c2cc(OCc3ccc4ccccc4n3)ccc2CC[C@H]1Cc1ccccc1. The zero-order valence-electron chi connectivity index (χ0n) is 23.8. The van der Waals surface area contributed by atoms with Crippen molar-refractivity contribution < 1.29 is 14.3 Å². The minimum absolute atomic E-state index is 0.0930. The summed E-state index contributed by atoms with van der Waals surface area (Å²) in [6.45, 7) is 3.67. The van der Waals surface area contributed by atoms with E-state index in [0.717, 1.165) is 73.2 Å². The fourth-order valence-corrected chi connectivity index (χ4v) is 6.36. The van der Waals surface area contributed by atoms with Crippen molar-refractivity contribution >= 4 is 16.9 Å². The highest BCUT2D eigenvalue weighted by Gasteiger charge is 2.33. The fourth-order valence-electron chi connectivity index (χ4n) is 6.36. The van der Waals surface area contributed by atoms with E-state index in [1.807, 2.05) is 36.4 Å². The van der Waals surface area contributed by atoms with E-state index in [4.69, 9.17) is 14.5 Å². The Morgan fingerprint density at radius 2 is 1.73 bits per heavy atom. The van der Waals surface area contributed by atoms with Crippen molar-refractivity contribution in [2.45, 2.75) is 64.1 Å². The summed E-state index contributed by atoms with van der Waals surface area (Å²) in [5.74, 6) is 0.920. The second-order valence-electron chi connectivity index (χ2n) is 11.5. The van der Waals surface area contributed by atoms with E-state index >= 15 is 0 Å². The zero-order valence-corrected chi connectivity index (χ0v) is 23.8. The van der Waals surface area contributed by atoms with Crippen LogP contribution in [0.4, 0.5) is 0 Å². The van der Waals surface area contributed by atoms with Crippen LogP contribution in [0.2, 0.25) is 0 Å². The quantitative estimate of drug-likeness (QED) is 0.192. The Kier molecular flexibility index (Phi) is 8.92. The van der Waals surface area contributed by atoms with Gasteiger partial charge in [-0.05, 0) is 99.1 Å². The number of piperidine rings is 1. The number of ether oxygens (including phenoxy) is 2. The molecule has 2 aliphatic rings. The number of nitrogens with zero attached hydrogens (tertiary/aromatic N) is 2. The standard InChI is InChI=1S/C36H40N2O3/c39-35(14-9-23-38-21-7-2-8-22-38)41-36-30(24-27-10-3-1-4-11-27)16-15-28-18-20-32(25-33(28)36)40-26-31-19-17-29-12-5-6-13-34(29)37-31/h1,3-6,10-13,17-20,25,30,36H,2,7-9,14-16,21-24,26H2/t30-,36-/m0/s1. The molecule has 0 spiro atoms. The predicted molar refractivity (Wildman–Crippen MR) is 163 cm³/mol. The van der Waals surface area contributed by atoms with E-state index in [0.29, 0.717) is 13.0 Å². The number of aryl methyl sites for hydroxylation is 1. The van der Waals surface area contributed by atoms with Crippen molar-refractivity contribution in [3.63, 3.8) is 0 Å². The summed E-state index contributed by atoms with van der Waals surface area (Å²) < 4.78 is 12.6. The highest BCUT2D eigenvalue weighted by atomic mass is 16.5. The van der Waals surface area contributed by atoms with Gasteiger partial charge in [-0.15, -0.1) is 0 Å². The van der Waals surface area contributed by atoms with E-state index in [2.05, 4.69) is 53.4 Å². The van der Waals surface area contributed by atoms with Crippen LogP contribution in [0.25, 0.3) is 10.9 Å². The van der Waals surface area contributed by atoms with Crippen LogP contribution in [-0.2, 0) is 29.0 Å². The van der Waals surface area contributed by atoms with Gasteiger partial charge < -0.3 is 14.4 Å². The fraction of sp³-hybridized carbons (Fsp3) is 0.389. The Hall–Kier alpha value is -3.70. The van der Waals surface area contributed by atoms with Crippen LogP contribution in [0.15, 0.2) is 84.9 Å². The van der Waals surface area contributed by atoms with Crippen LogP contribution in [0.1, 0.15) is 67.0 Å². The summed E-state index contributed by atoms with van der Waals surface area (Å²) in [6.07, 6.45) is 7.76. The van der Waals surface area contributed by atoms with Crippen LogP contribution in [-0.4, -0.2) is 35.5 Å². The number of para-hydroxylation sites is 1. The summed E-state index contributed by atoms with van der Waals surface area (Å²) >= 11 is 0. The third-order valence-electron chi connectivity index (χ3n) is 8.58. The number of esters is 1. The summed E-state index contributed by atoms with van der Waals surface area (Å²) in [7, 11) is 0. The summed E-state index contributed by atoms with van der Waals surface area (Å²) in [5, 5.41) is 1.12. The summed E-state index contributed by atoms with van der Waals surface area (Å²) in [5.41, 5.74) is 5.47. The molecule has 0 amide bonds. The van der Waals surface area contributed by atoms with Crippen molar-refractivity contribution in [1.29, 1.82) is 0 Å². The highest BCUT2D eigenvalue weighted by molar-refractivity contribution is 5.78. The Balaban J connectivity index is 1.16. The van der Waals surface area contributed by atoms with Gasteiger partial charge in [0.15, 0.2) is 0 Å². The van der Waals surface area contributed by atoms with Gasteiger partial charge in [-0.3, -0.25) is 4.79 Å². The van der Waals surface area contributed by atoms with Crippen molar-refractivity contribution in [3.05, 3.63) is 107 Å². The van der Waals surface area contributed by atoms with Gasteiger partial charge in [-0.25, -0.2) is 4.98 Å². The Labute approximate surface area is 243 Å². The third kappa shape index (κ3) is 7.15. The zero-order chi connectivity index (χ0) is 27.9. The molecule has 41 heavy (non-hydrogen) atoms. The number of aromatic nitrogens is 1. The van der Waals surface area contributed by atoms with Crippen molar-refractivity contribution in [3.8, 4) is 5.75 Å². The predicted octanol–water partition coefficient (Wildman–Crippen LogP) is 7.47. The molecule has 0 saturated carbocycles. The van der Waals surface area contributed by atoms with E-state index in [1.165, 1.54) is 30.4 Å². The van der Waals surface area contributed by atoms with Gasteiger partial charge in [-0.2, -0.15) is 0 Å². The number of pyridine rings is 1. The van der Waals surface area contributed by atoms with E-state index in [-0.39, 0.29) is 18.0 Å². The number of benzene rings is 3. The first kappa shape index (κ1) is 27.5. The number of hydrogen-bond donors (Lipinski definition) is 0. The summed E-state index contributed by atoms with van der Waals surface area (Å²) in [6, 6.07) is 29.1. The molecule has 5 nitrogen and oxygen atoms in total. The highest BCUT2D eigenvalue weighted by Crippen LogP contribution is 2.41. The van der Waals surface area contributed by atoms with Crippen LogP contribution in [0.5, 0.6) is 5.75 Å². The second kappa shape index (κ2) is 13.3. The third-order valence-corrected chi connectivity index (χ3v) is 8.58. The molecule has 0 bridgehead atoms. The average Bonchev–Trinajstić information content (AvgIpc) is 3.02. The molecule has 2 atom stereocenters. The van der Waals surface area contributed by atoms with Crippen LogP contribution in [0.3, 0.4) is 0 Å². The van der Waals surface area contributed by atoms with Crippen LogP contribution in [0, 0.1) is 5.92 Å². The number of fused-ring (bicyclic) bond motifs is 2. The lowest BCUT2D eigenvalue weighted by molar-refractivity contribution is -0.153. The normalized spacial score (nSPS) is 19.0. The maximum absolute atomic E-state index is 13.2. The van der Waals surface area contributed by atoms with Gasteiger partial charge in [-0.1, -0.05) is 67.1 Å². The number of likely N-dealkylation sites (tertiary alicyclic amines) is 1. The molecule has 212 valence electrons. The largest absolute Gasteiger partial charge is 0.487 e. The Bertz CT molecular complexity index is 1450. The van der Waals surface area contributed by atoms with Gasteiger partial charge in [0.2, 0.25) is 0 Å². The Morgan fingerprint density at radius 1 is 0.902 bits per heavy atom. The Morgan fingerprint density at radius 3 is 2.61 bits per heavy atom. The maximum Gasteiger partial charge on any atom is 0.306 e. The van der Waals surface area contributed by atoms with E-state index in [9.17, 15) is 4.79 Å². The van der Waals surface area contributed by atoms with Gasteiger partial charge in [0.25, 0.3) is 0 Å². The molecule has 1 aliphatic carbocycles. The lowest BCUT2D eigenvalue weighted by atomic mass is 9.78. The average molecular weight is 549 g/mol.